The summed E-state index contributed by atoms with van der Waals surface area (Å²) in [5.41, 5.74) is 0.282. The molecule has 0 radical (unpaired) electrons. The Balaban J connectivity index is 2.31. The number of hydrogen-bond acceptors (Lipinski definition) is 3. The molecule has 1 aromatic carbocycles. The Morgan fingerprint density at radius 2 is 2.12 bits per heavy atom. The highest BCUT2D eigenvalue weighted by Gasteiger charge is 2.35. The maximum absolute atomic E-state index is 13.5. The molecule has 0 saturated heterocycles. The number of carbonyl (C=O) groups excluding carboxylic acids is 2. The first-order valence-corrected chi connectivity index (χ1v) is 4.97. The van der Waals surface area contributed by atoms with Gasteiger partial charge in [-0.2, -0.15) is 0 Å². The van der Waals surface area contributed by atoms with Crippen molar-refractivity contribution in [3.05, 3.63) is 23.5 Å². The molecule has 0 N–H and O–H groups in total. The molecule has 5 heteroatoms. The number of hydrogen-bond donors (Lipinski definition) is 0. The van der Waals surface area contributed by atoms with E-state index in [4.69, 9.17) is 4.74 Å². The Bertz CT molecular complexity index is 512. The van der Waals surface area contributed by atoms with Crippen LogP contribution in [0.15, 0.2) is 12.1 Å². The number of benzene rings is 1. The van der Waals surface area contributed by atoms with Crippen molar-refractivity contribution in [2.24, 2.45) is 0 Å². The summed E-state index contributed by atoms with van der Waals surface area (Å²) in [5, 5.41) is 0. The summed E-state index contributed by atoms with van der Waals surface area (Å²) in [6.07, 6.45) is 0.166. The Kier molecular flexibility index (Phi) is 1.77. The van der Waals surface area contributed by atoms with Gasteiger partial charge in [-0.15, -0.1) is 0 Å². The minimum absolute atomic E-state index is 0.0169. The number of anilines is 1. The second-order valence-electron chi connectivity index (χ2n) is 3.78. The van der Waals surface area contributed by atoms with Gasteiger partial charge >= 0.3 is 0 Å². The highest BCUT2D eigenvalue weighted by Crippen LogP contribution is 2.39. The quantitative estimate of drug-likeness (QED) is 0.660. The molecule has 0 saturated carbocycles. The van der Waals surface area contributed by atoms with Crippen molar-refractivity contribution in [1.82, 2.24) is 0 Å². The molecular weight excluding hydrogens is 213 g/mol. The lowest BCUT2D eigenvalue weighted by Crippen LogP contribution is -2.43. The molecule has 0 spiro atoms. The summed E-state index contributed by atoms with van der Waals surface area (Å²) < 4.78 is 18.7. The van der Waals surface area contributed by atoms with Gasteiger partial charge in [0.1, 0.15) is 17.3 Å². The molecule has 0 bridgehead atoms. The zero-order chi connectivity index (χ0) is 11.3. The van der Waals surface area contributed by atoms with Crippen molar-refractivity contribution in [1.29, 1.82) is 0 Å². The van der Waals surface area contributed by atoms with Crippen LogP contribution in [0, 0.1) is 5.82 Å². The van der Waals surface area contributed by atoms with Gasteiger partial charge < -0.3 is 9.64 Å². The van der Waals surface area contributed by atoms with E-state index in [-0.39, 0.29) is 30.3 Å². The maximum atomic E-state index is 13.5. The molecule has 3 rings (SSSR count). The monoisotopic (exact) mass is 221 g/mol. The lowest BCUT2D eigenvalue weighted by Gasteiger charge is -2.33. The average molecular weight is 221 g/mol. The van der Waals surface area contributed by atoms with E-state index in [0.717, 1.165) is 0 Å². The fourth-order valence-corrected chi connectivity index (χ4v) is 2.11. The van der Waals surface area contributed by atoms with Gasteiger partial charge in [-0.25, -0.2) is 4.39 Å². The van der Waals surface area contributed by atoms with E-state index in [9.17, 15) is 14.0 Å². The summed E-state index contributed by atoms with van der Waals surface area (Å²) in [6.45, 7) is 0.261. The second-order valence-corrected chi connectivity index (χ2v) is 3.78. The molecule has 0 fully saturated rings. The van der Waals surface area contributed by atoms with Crippen LogP contribution in [0.25, 0.3) is 0 Å². The van der Waals surface area contributed by atoms with Crippen molar-refractivity contribution >= 4 is 17.4 Å². The molecule has 4 nitrogen and oxygen atoms in total. The molecule has 0 aliphatic carbocycles. The maximum Gasteiger partial charge on any atom is 0.265 e. The number of ether oxygens (including phenoxy) is 1. The number of rotatable bonds is 0. The van der Waals surface area contributed by atoms with Crippen molar-refractivity contribution in [3.63, 3.8) is 0 Å². The van der Waals surface area contributed by atoms with Crippen molar-refractivity contribution < 1.29 is 18.7 Å². The first-order chi connectivity index (χ1) is 7.68. The number of Topliss-reactive ketones (excluding diaryl/α,β-unsaturated/α-hetero) is 1. The summed E-state index contributed by atoms with van der Waals surface area (Å²) in [5.74, 6) is -0.688. The van der Waals surface area contributed by atoms with Crippen LogP contribution in [0.1, 0.15) is 16.8 Å². The molecule has 0 aromatic heterocycles. The Labute approximate surface area is 90.6 Å². The molecule has 16 heavy (non-hydrogen) atoms. The van der Waals surface area contributed by atoms with E-state index in [1.54, 1.807) is 0 Å². The van der Waals surface area contributed by atoms with Crippen molar-refractivity contribution in [2.75, 3.05) is 18.1 Å². The molecule has 1 amide bonds. The third-order valence-electron chi connectivity index (χ3n) is 2.85. The lowest BCUT2D eigenvalue weighted by molar-refractivity contribution is -0.121. The van der Waals surface area contributed by atoms with Gasteiger partial charge in [0.05, 0.1) is 5.56 Å². The fourth-order valence-electron chi connectivity index (χ4n) is 2.11. The van der Waals surface area contributed by atoms with E-state index >= 15 is 0 Å². The van der Waals surface area contributed by atoms with E-state index in [2.05, 4.69) is 0 Å². The number of carbonyl (C=O) groups is 2. The van der Waals surface area contributed by atoms with Crippen LogP contribution in [-0.2, 0) is 4.79 Å². The SMILES string of the molecule is O=C1CCN2C(=O)COc3ccc(F)c1c32. The number of amides is 1. The lowest BCUT2D eigenvalue weighted by atomic mass is 9.98. The summed E-state index contributed by atoms with van der Waals surface area (Å²) in [7, 11) is 0. The van der Waals surface area contributed by atoms with Gasteiger partial charge in [0.25, 0.3) is 5.91 Å². The first-order valence-electron chi connectivity index (χ1n) is 4.97. The molecule has 2 aliphatic heterocycles. The molecule has 0 unspecified atom stereocenters. The molecule has 0 atom stereocenters. The van der Waals surface area contributed by atoms with E-state index < -0.39 is 5.82 Å². The summed E-state index contributed by atoms with van der Waals surface area (Å²) in [4.78, 5) is 24.6. The zero-order valence-electron chi connectivity index (χ0n) is 8.33. The average Bonchev–Trinajstić information content (AvgIpc) is 2.27. The van der Waals surface area contributed by atoms with E-state index in [1.165, 1.54) is 17.0 Å². The van der Waals surface area contributed by atoms with Gasteiger partial charge in [-0.3, -0.25) is 9.59 Å². The number of ketones is 1. The largest absolute Gasteiger partial charge is 0.482 e. The molecule has 2 aliphatic rings. The summed E-state index contributed by atoms with van der Waals surface area (Å²) in [6, 6.07) is 2.65. The normalized spacial score (nSPS) is 18.2. The number of nitrogens with zero attached hydrogens (tertiary/aromatic N) is 1. The predicted molar refractivity (Wildman–Crippen MR) is 53.2 cm³/mol. The highest BCUT2D eigenvalue weighted by atomic mass is 19.1. The third-order valence-corrected chi connectivity index (χ3v) is 2.85. The van der Waals surface area contributed by atoms with Crippen molar-refractivity contribution in [3.8, 4) is 5.75 Å². The molecular formula is C11H8FNO3. The van der Waals surface area contributed by atoms with Gasteiger partial charge in [0.2, 0.25) is 0 Å². The minimum atomic E-state index is -0.591. The van der Waals surface area contributed by atoms with Crippen LogP contribution in [0.4, 0.5) is 10.1 Å². The number of halogens is 1. The summed E-state index contributed by atoms with van der Waals surface area (Å²) >= 11 is 0. The molecule has 2 heterocycles. The topological polar surface area (TPSA) is 46.6 Å². The van der Waals surface area contributed by atoms with Gasteiger partial charge in [-0.05, 0) is 12.1 Å². The second kappa shape index (κ2) is 3.04. The molecule has 82 valence electrons. The smallest absolute Gasteiger partial charge is 0.265 e. The van der Waals surface area contributed by atoms with Gasteiger partial charge in [0.15, 0.2) is 12.4 Å². The fraction of sp³-hybridized carbons (Fsp3) is 0.273. The molecule has 1 aromatic rings. The highest BCUT2D eigenvalue weighted by molar-refractivity contribution is 6.11. The van der Waals surface area contributed by atoms with E-state index in [1.807, 2.05) is 0 Å². The first kappa shape index (κ1) is 9.33. The van der Waals surface area contributed by atoms with Crippen LogP contribution in [0.3, 0.4) is 0 Å². The Hall–Kier alpha value is -1.91. The van der Waals surface area contributed by atoms with Crippen LogP contribution < -0.4 is 9.64 Å². The van der Waals surface area contributed by atoms with Crippen LogP contribution in [0.5, 0.6) is 5.75 Å². The standard InChI is InChI=1S/C11H8FNO3/c12-6-1-2-8-11-10(6)7(14)3-4-13(11)9(15)5-16-8/h1-2H,3-5H2. The van der Waals surface area contributed by atoms with Crippen LogP contribution in [-0.4, -0.2) is 24.8 Å². The Morgan fingerprint density at radius 1 is 1.31 bits per heavy atom. The minimum Gasteiger partial charge on any atom is -0.482 e. The van der Waals surface area contributed by atoms with Gasteiger partial charge in [-0.1, -0.05) is 0 Å². The predicted octanol–water partition coefficient (Wildman–Crippen LogP) is 1.14. The van der Waals surface area contributed by atoms with Crippen molar-refractivity contribution in [2.45, 2.75) is 6.42 Å². The van der Waals surface area contributed by atoms with Crippen LogP contribution in [0.2, 0.25) is 0 Å². The van der Waals surface area contributed by atoms with Gasteiger partial charge in [0, 0.05) is 13.0 Å². The Morgan fingerprint density at radius 3 is 2.94 bits per heavy atom. The zero-order valence-corrected chi connectivity index (χ0v) is 8.33. The van der Waals surface area contributed by atoms with E-state index in [0.29, 0.717) is 18.0 Å². The third kappa shape index (κ3) is 1.08. The van der Waals surface area contributed by atoms with Crippen LogP contribution >= 0.6 is 0 Å².